The van der Waals surface area contributed by atoms with Gasteiger partial charge in [0.05, 0.1) is 27.7 Å². The number of carbonyl (C=O) groups is 2. The first-order valence-corrected chi connectivity index (χ1v) is 33.4. The van der Waals surface area contributed by atoms with Crippen molar-refractivity contribution in [2.45, 2.75) is 309 Å². The van der Waals surface area contributed by atoms with Gasteiger partial charge in [-0.25, -0.2) is 4.57 Å². The maximum absolute atomic E-state index is 12.8. The molecule has 9 nitrogen and oxygen atoms in total. The van der Waals surface area contributed by atoms with Crippen LogP contribution in [-0.4, -0.2) is 74.9 Å². The monoisotopic (exact) mass is 1080 g/mol. The van der Waals surface area contributed by atoms with E-state index in [1.165, 1.54) is 212 Å². The molecule has 0 aliphatic heterocycles. The summed E-state index contributed by atoms with van der Waals surface area (Å²) in [5, 5.41) is 0. The topological polar surface area (TPSA) is 108 Å². The van der Waals surface area contributed by atoms with Crippen LogP contribution in [-0.2, 0) is 32.7 Å². The molecule has 10 heteroatoms. The van der Waals surface area contributed by atoms with Crippen molar-refractivity contribution >= 4 is 19.8 Å². The average Bonchev–Trinajstić information content (AvgIpc) is 3.37. The summed E-state index contributed by atoms with van der Waals surface area (Å²) < 4.78 is 34.7. The zero-order chi connectivity index (χ0) is 54.9. The van der Waals surface area contributed by atoms with E-state index < -0.39 is 26.5 Å². The number of rotatable bonds is 59. The standard InChI is InChI=1S/C65H122NO8P/c1-6-8-10-12-14-16-18-20-22-24-26-28-30-31-32-33-34-35-36-38-40-42-44-46-48-50-52-54-56-58-65(68)74-63(62-73-75(69,70)72-60-59-66(3,4)5)61-71-64(67)57-55-53-51-49-47-45-43-41-39-37-29-27-25-23-21-19-17-15-13-11-9-7-2/h8,10,14,16,20,22,26,28,63H,6-7,9,11-13,15,17-19,21,23-25,27,29-62H2,1-5H3/p+1/b10-8-,16-14-,22-20-,28-26-. The lowest BCUT2D eigenvalue weighted by molar-refractivity contribution is -0.870. The van der Waals surface area contributed by atoms with Crippen LogP contribution in [0.15, 0.2) is 48.6 Å². The second-order valence-corrected chi connectivity index (χ2v) is 24.2. The van der Waals surface area contributed by atoms with Gasteiger partial charge in [0.2, 0.25) is 0 Å². The number of allylic oxidation sites excluding steroid dienone is 8. The first kappa shape index (κ1) is 73.0. The van der Waals surface area contributed by atoms with Crippen LogP contribution in [0.5, 0.6) is 0 Å². The number of unbranched alkanes of at least 4 members (excludes halogenated alkanes) is 37. The lowest BCUT2D eigenvalue weighted by Gasteiger charge is -2.24. The minimum atomic E-state index is -4.39. The number of hydrogen-bond acceptors (Lipinski definition) is 7. The van der Waals surface area contributed by atoms with Crippen molar-refractivity contribution < 1.29 is 42.1 Å². The van der Waals surface area contributed by atoms with Crippen molar-refractivity contribution in [1.82, 2.24) is 0 Å². The van der Waals surface area contributed by atoms with Crippen LogP contribution in [0.1, 0.15) is 303 Å². The van der Waals surface area contributed by atoms with E-state index in [0.29, 0.717) is 23.9 Å². The van der Waals surface area contributed by atoms with Crippen molar-refractivity contribution in [1.29, 1.82) is 0 Å². The molecule has 0 radical (unpaired) electrons. The van der Waals surface area contributed by atoms with Gasteiger partial charge >= 0.3 is 19.8 Å². The first-order valence-electron chi connectivity index (χ1n) is 31.9. The normalized spacial score (nSPS) is 13.5. The lowest BCUT2D eigenvalue weighted by Crippen LogP contribution is -2.37. The van der Waals surface area contributed by atoms with Gasteiger partial charge in [-0.05, 0) is 51.4 Å². The van der Waals surface area contributed by atoms with Crippen LogP contribution < -0.4 is 0 Å². The lowest BCUT2D eigenvalue weighted by atomic mass is 10.0. The van der Waals surface area contributed by atoms with E-state index in [0.717, 1.165) is 57.8 Å². The number of esters is 2. The maximum Gasteiger partial charge on any atom is 0.472 e. The molecule has 1 N–H and O–H groups in total. The summed E-state index contributed by atoms with van der Waals surface area (Å²) in [5.74, 6) is -0.780. The van der Waals surface area contributed by atoms with Crippen LogP contribution in [0, 0.1) is 0 Å². The molecule has 0 heterocycles. The molecule has 0 fully saturated rings. The fourth-order valence-electron chi connectivity index (χ4n) is 9.25. The van der Waals surface area contributed by atoms with Crippen LogP contribution in [0.3, 0.4) is 0 Å². The Bertz CT molecular complexity index is 1410. The predicted molar refractivity (Wildman–Crippen MR) is 321 cm³/mol. The number of ether oxygens (including phenoxy) is 2. The van der Waals surface area contributed by atoms with Gasteiger partial charge in [0.25, 0.3) is 0 Å². The van der Waals surface area contributed by atoms with Crippen molar-refractivity contribution in [3.05, 3.63) is 48.6 Å². The molecule has 2 atom stereocenters. The van der Waals surface area contributed by atoms with Gasteiger partial charge in [0, 0.05) is 12.8 Å². The van der Waals surface area contributed by atoms with Crippen LogP contribution in [0.25, 0.3) is 0 Å². The smallest absolute Gasteiger partial charge is 0.462 e. The summed E-state index contributed by atoms with van der Waals surface area (Å²) in [4.78, 5) is 35.8. The van der Waals surface area contributed by atoms with Gasteiger partial charge in [-0.2, -0.15) is 0 Å². The van der Waals surface area contributed by atoms with E-state index >= 15 is 0 Å². The molecule has 0 rings (SSSR count). The van der Waals surface area contributed by atoms with Crippen molar-refractivity contribution in [3.63, 3.8) is 0 Å². The van der Waals surface area contributed by atoms with E-state index in [1.54, 1.807) is 0 Å². The Morgan fingerprint density at radius 2 is 0.760 bits per heavy atom. The highest BCUT2D eigenvalue weighted by Gasteiger charge is 2.27. The molecule has 0 bridgehead atoms. The van der Waals surface area contributed by atoms with Gasteiger partial charge in [-0.1, -0.05) is 287 Å². The third kappa shape index (κ3) is 61.1. The predicted octanol–water partition coefficient (Wildman–Crippen LogP) is 20.1. The third-order valence-electron chi connectivity index (χ3n) is 14.1. The average molecular weight is 1080 g/mol. The molecule has 0 aromatic rings. The minimum Gasteiger partial charge on any atom is -0.462 e. The van der Waals surface area contributed by atoms with Gasteiger partial charge in [-0.15, -0.1) is 0 Å². The van der Waals surface area contributed by atoms with E-state index in [-0.39, 0.29) is 25.6 Å². The summed E-state index contributed by atoms with van der Waals surface area (Å²) in [6, 6.07) is 0. The van der Waals surface area contributed by atoms with Crippen molar-refractivity contribution in [3.8, 4) is 0 Å². The Labute approximate surface area is 464 Å². The number of nitrogens with zero attached hydrogens (tertiary/aromatic N) is 1. The van der Waals surface area contributed by atoms with E-state index in [4.69, 9.17) is 18.5 Å². The Hall–Kier alpha value is -2.03. The molecule has 0 saturated carbocycles. The molecule has 440 valence electrons. The number of phosphoric ester groups is 1. The van der Waals surface area contributed by atoms with Crippen LogP contribution in [0.2, 0.25) is 0 Å². The Morgan fingerprint density at radius 1 is 0.427 bits per heavy atom. The Morgan fingerprint density at radius 3 is 1.13 bits per heavy atom. The zero-order valence-electron chi connectivity index (χ0n) is 50.0. The van der Waals surface area contributed by atoms with Gasteiger partial charge in [0.15, 0.2) is 6.10 Å². The molecule has 0 aromatic heterocycles. The van der Waals surface area contributed by atoms with Crippen molar-refractivity contribution in [2.75, 3.05) is 47.5 Å². The molecule has 2 unspecified atom stereocenters. The summed E-state index contributed by atoms with van der Waals surface area (Å²) in [6.07, 6.45) is 71.9. The summed E-state index contributed by atoms with van der Waals surface area (Å²) in [6.45, 7) is 4.38. The second kappa shape index (κ2) is 56.7. The van der Waals surface area contributed by atoms with Crippen LogP contribution >= 0.6 is 7.82 Å². The number of likely N-dealkylation sites (N-methyl/N-ethyl adjacent to an activating group) is 1. The highest BCUT2D eigenvalue weighted by atomic mass is 31.2. The van der Waals surface area contributed by atoms with Gasteiger partial charge < -0.3 is 18.9 Å². The molecule has 0 spiro atoms. The Kier molecular flexibility index (Phi) is 55.1. The summed E-state index contributed by atoms with van der Waals surface area (Å²) >= 11 is 0. The molecule has 75 heavy (non-hydrogen) atoms. The molecule has 0 saturated heterocycles. The van der Waals surface area contributed by atoms with Gasteiger partial charge in [-0.3, -0.25) is 18.6 Å². The number of quaternary nitrogens is 1. The fourth-order valence-corrected chi connectivity index (χ4v) is 9.99. The van der Waals surface area contributed by atoms with Crippen LogP contribution in [0.4, 0.5) is 0 Å². The maximum atomic E-state index is 12.8. The highest BCUT2D eigenvalue weighted by Crippen LogP contribution is 2.43. The summed E-state index contributed by atoms with van der Waals surface area (Å²) in [7, 11) is 1.49. The molecule has 0 aliphatic carbocycles. The summed E-state index contributed by atoms with van der Waals surface area (Å²) in [5.41, 5.74) is 0. The minimum absolute atomic E-state index is 0.0336. The number of carbonyl (C=O) groups excluding carboxylic acids is 2. The Balaban J connectivity index is 4.06. The second-order valence-electron chi connectivity index (χ2n) is 22.8. The zero-order valence-corrected chi connectivity index (χ0v) is 50.9. The highest BCUT2D eigenvalue weighted by molar-refractivity contribution is 7.47. The number of hydrogen-bond donors (Lipinski definition) is 1. The SMILES string of the molecule is CC/C=C\C/C=C\C/C=C\C/C=C\CCCCCCCCCCCCCCCCCCC(=O)OC(COC(=O)CCCCCCCCCCCCCCCCCCCCCCCC)COP(=O)(O)OCC[N+](C)(C)C. The van der Waals surface area contributed by atoms with E-state index in [1.807, 2.05) is 21.1 Å². The molecular weight excluding hydrogens is 954 g/mol. The molecular formula is C65H123NO8P+. The first-order chi connectivity index (χ1) is 36.5. The molecule has 0 aromatic carbocycles. The van der Waals surface area contributed by atoms with E-state index in [2.05, 4.69) is 62.5 Å². The fraction of sp³-hybridized carbons (Fsp3) is 0.846. The van der Waals surface area contributed by atoms with Gasteiger partial charge in [0.1, 0.15) is 19.8 Å². The largest absolute Gasteiger partial charge is 0.472 e. The quantitative estimate of drug-likeness (QED) is 0.0211. The molecule has 0 aliphatic rings. The van der Waals surface area contributed by atoms with E-state index in [9.17, 15) is 19.0 Å². The number of phosphoric acid groups is 1. The molecule has 0 amide bonds. The van der Waals surface area contributed by atoms with Crippen molar-refractivity contribution in [2.24, 2.45) is 0 Å². The third-order valence-corrected chi connectivity index (χ3v) is 15.1.